The minimum atomic E-state index is -1.19. The lowest BCUT2D eigenvalue weighted by atomic mass is 10.1. The summed E-state index contributed by atoms with van der Waals surface area (Å²) >= 11 is 0. The van der Waals surface area contributed by atoms with Crippen molar-refractivity contribution in [2.75, 3.05) is 10.6 Å². The maximum absolute atomic E-state index is 12.1. The Balaban J connectivity index is 1.69. The lowest BCUT2D eigenvalue weighted by molar-refractivity contribution is -0.131. The van der Waals surface area contributed by atoms with Crippen molar-refractivity contribution in [1.82, 2.24) is 9.78 Å². The van der Waals surface area contributed by atoms with E-state index in [4.69, 9.17) is 10.2 Å². The molecule has 1 heterocycles. The Morgan fingerprint density at radius 2 is 1.44 bits per heavy atom. The number of anilines is 3. The molecule has 3 aromatic carbocycles. The average molecular weight is 424 g/mol. The molecule has 158 valence electrons. The lowest BCUT2D eigenvalue weighted by Gasteiger charge is -2.13. The van der Waals surface area contributed by atoms with Crippen LogP contribution in [-0.4, -0.2) is 26.8 Å². The predicted molar refractivity (Wildman–Crippen MR) is 124 cm³/mol. The number of hydrogen-bond acceptors (Lipinski definition) is 4. The summed E-state index contributed by atoms with van der Waals surface area (Å²) < 4.78 is 1.80. The van der Waals surface area contributed by atoms with Crippen molar-refractivity contribution in [3.05, 3.63) is 103 Å². The molecule has 32 heavy (non-hydrogen) atoms. The van der Waals surface area contributed by atoms with Gasteiger partial charge in [0.25, 0.3) is 0 Å². The fraction of sp³-hybridized carbons (Fsp3) is 0. The second kappa shape index (κ2) is 9.44. The molecule has 0 spiro atoms. The van der Waals surface area contributed by atoms with Gasteiger partial charge in [-0.2, -0.15) is 5.10 Å². The van der Waals surface area contributed by atoms with Crippen LogP contribution in [0.25, 0.3) is 16.9 Å². The normalized spacial score (nSPS) is 10.8. The van der Waals surface area contributed by atoms with E-state index >= 15 is 0 Å². The Morgan fingerprint density at radius 3 is 2.12 bits per heavy atom. The maximum Gasteiger partial charge on any atom is 0.328 e. The summed E-state index contributed by atoms with van der Waals surface area (Å²) in [4.78, 5) is 22.8. The van der Waals surface area contributed by atoms with Gasteiger partial charge >= 0.3 is 5.97 Å². The quantitative estimate of drug-likeness (QED) is 0.368. The Hall–Kier alpha value is -4.65. The Kier molecular flexibility index (Phi) is 6.08. The summed E-state index contributed by atoms with van der Waals surface area (Å²) in [7, 11) is 0. The van der Waals surface area contributed by atoms with E-state index in [1.807, 2.05) is 78.9 Å². The van der Waals surface area contributed by atoms with E-state index in [-0.39, 0.29) is 0 Å². The molecule has 0 saturated heterocycles. The van der Waals surface area contributed by atoms with E-state index in [0.717, 1.165) is 29.1 Å². The number of carbonyl (C=O) groups is 2. The summed E-state index contributed by atoms with van der Waals surface area (Å²) in [5.41, 5.74) is 3.80. The van der Waals surface area contributed by atoms with Crippen LogP contribution < -0.4 is 10.6 Å². The van der Waals surface area contributed by atoms with Crippen LogP contribution in [0, 0.1) is 0 Å². The second-order valence-electron chi connectivity index (χ2n) is 6.86. The molecule has 7 nitrogen and oxygen atoms in total. The highest BCUT2D eigenvalue weighted by Crippen LogP contribution is 2.30. The molecule has 4 rings (SSSR count). The van der Waals surface area contributed by atoms with E-state index in [1.54, 1.807) is 16.8 Å². The average Bonchev–Trinajstić information content (AvgIpc) is 3.24. The number of carboxylic acids is 1. The monoisotopic (exact) mass is 424 g/mol. The molecule has 0 unspecified atom stereocenters. The first-order valence-electron chi connectivity index (χ1n) is 9.89. The summed E-state index contributed by atoms with van der Waals surface area (Å²) in [6.07, 6.45) is 1.77. The summed E-state index contributed by atoms with van der Waals surface area (Å²) in [6.45, 7) is 0. The molecule has 1 amide bonds. The van der Waals surface area contributed by atoms with Crippen molar-refractivity contribution in [3.63, 3.8) is 0 Å². The van der Waals surface area contributed by atoms with Gasteiger partial charge in [0.05, 0.1) is 22.8 Å². The minimum absolute atomic E-state index is 0.509. The molecule has 0 bridgehead atoms. The van der Waals surface area contributed by atoms with Gasteiger partial charge < -0.3 is 15.7 Å². The molecule has 0 fully saturated rings. The van der Waals surface area contributed by atoms with Crippen molar-refractivity contribution in [2.45, 2.75) is 0 Å². The van der Waals surface area contributed by atoms with Gasteiger partial charge in [-0.05, 0) is 24.3 Å². The number of hydrogen-bond donors (Lipinski definition) is 3. The topological polar surface area (TPSA) is 96.2 Å². The first kappa shape index (κ1) is 20.6. The highest BCUT2D eigenvalue weighted by atomic mass is 16.4. The first-order chi connectivity index (χ1) is 15.6. The third kappa shape index (κ3) is 4.91. The number of aliphatic carboxylic acids is 1. The summed E-state index contributed by atoms with van der Waals surface area (Å²) in [5.74, 6) is -1.02. The number of aromatic nitrogens is 2. The zero-order valence-electron chi connectivity index (χ0n) is 17.0. The van der Waals surface area contributed by atoms with Gasteiger partial charge in [0, 0.05) is 23.8 Å². The zero-order chi connectivity index (χ0) is 22.3. The molecule has 0 radical (unpaired) electrons. The first-order valence-corrected chi connectivity index (χ1v) is 9.89. The van der Waals surface area contributed by atoms with E-state index < -0.39 is 11.9 Å². The number of para-hydroxylation sites is 3. The fourth-order valence-corrected chi connectivity index (χ4v) is 3.15. The van der Waals surface area contributed by atoms with Gasteiger partial charge in [-0.1, -0.05) is 60.7 Å². The minimum Gasteiger partial charge on any atom is -0.478 e. The number of amides is 1. The van der Waals surface area contributed by atoms with Crippen LogP contribution in [0.4, 0.5) is 17.2 Å². The van der Waals surface area contributed by atoms with Crippen molar-refractivity contribution >= 4 is 29.1 Å². The number of nitrogens with zero attached hydrogens (tertiary/aromatic N) is 2. The van der Waals surface area contributed by atoms with Crippen LogP contribution >= 0.6 is 0 Å². The molecule has 0 aliphatic heterocycles. The highest BCUT2D eigenvalue weighted by molar-refractivity contribution is 6.04. The molecule has 1 aromatic heterocycles. The molecule has 4 aromatic rings. The maximum atomic E-state index is 12.1. The number of benzene rings is 3. The van der Waals surface area contributed by atoms with Crippen LogP contribution in [0.15, 0.2) is 103 Å². The molecule has 0 atom stereocenters. The fourth-order valence-electron chi connectivity index (χ4n) is 3.15. The summed E-state index contributed by atoms with van der Waals surface area (Å²) in [6, 6.07) is 28.7. The van der Waals surface area contributed by atoms with Crippen molar-refractivity contribution in [2.24, 2.45) is 0 Å². The van der Waals surface area contributed by atoms with E-state index in [1.165, 1.54) is 0 Å². The van der Waals surface area contributed by atoms with Gasteiger partial charge in [-0.3, -0.25) is 4.79 Å². The Bertz CT molecular complexity index is 1260. The number of nitrogens with one attached hydrogen (secondary N) is 2. The van der Waals surface area contributed by atoms with Gasteiger partial charge in [-0.15, -0.1) is 0 Å². The smallest absolute Gasteiger partial charge is 0.328 e. The van der Waals surface area contributed by atoms with Gasteiger partial charge in [-0.25, -0.2) is 9.48 Å². The zero-order valence-corrected chi connectivity index (χ0v) is 17.0. The van der Waals surface area contributed by atoms with E-state index in [9.17, 15) is 9.59 Å². The molecular weight excluding hydrogens is 404 g/mol. The van der Waals surface area contributed by atoms with Gasteiger partial charge in [0.15, 0.2) is 0 Å². The molecular formula is C25H20N4O3. The third-order valence-corrected chi connectivity index (χ3v) is 4.60. The molecule has 7 heteroatoms. The van der Waals surface area contributed by atoms with Crippen molar-refractivity contribution in [3.8, 4) is 16.9 Å². The number of carboxylic acid groups (broad SMARTS) is 1. The molecule has 0 saturated carbocycles. The van der Waals surface area contributed by atoms with Crippen LogP contribution in [-0.2, 0) is 9.59 Å². The Morgan fingerprint density at radius 1 is 0.812 bits per heavy atom. The van der Waals surface area contributed by atoms with Gasteiger partial charge in [0.1, 0.15) is 5.82 Å². The van der Waals surface area contributed by atoms with Crippen LogP contribution in [0.2, 0.25) is 0 Å². The van der Waals surface area contributed by atoms with Crippen LogP contribution in [0.3, 0.4) is 0 Å². The molecule has 3 N–H and O–H groups in total. The number of carbonyl (C=O) groups excluding carboxylic acids is 1. The standard InChI is InChI=1S/C25H20N4O3/c30-24(15-16-25(31)32)27-21-14-8-7-13-20(21)26-23-17-22(18-9-3-1-4-10-18)28-29(23)19-11-5-2-6-12-19/h1-17,26H,(H,27,30)(H,31,32)/b16-15+. The largest absolute Gasteiger partial charge is 0.478 e. The second-order valence-corrected chi connectivity index (χ2v) is 6.86. The molecule has 0 aliphatic rings. The third-order valence-electron chi connectivity index (χ3n) is 4.60. The van der Waals surface area contributed by atoms with E-state index in [2.05, 4.69) is 10.6 Å². The summed E-state index contributed by atoms with van der Waals surface area (Å²) in [5, 5.41) is 19.5. The van der Waals surface area contributed by atoms with E-state index in [0.29, 0.717) is 17.2 Å². The lowest BCUT2D eigenvalue weighted by Crippen LogP contribution is -2.11. The van der Waals surface area contributed by atoms with Crippen molar-refractivity contribution in [1.29, 1.82) is 0 Å². The van der Waals surface area contributed by atoms with Crippen LogP contribution in [0.5, 0.6) is 0 Å². The molecule has 0 aliphatic carbocycles. The van der Waals surface area contributed by atoms with Crippen molar-refractivity contribution < 1.29 is 14.7 Å². The SMILES string of the molecule is O=C(O)/C=C/C(=O)Nc1ccccc1Nc1cc(-c2ccccc2)nn1-c1ccccc1. The number of rotatable bonds is 7. The van der Waals surface area contributed by atoms with Gasteiger partial charge in [0.2, 0.25) is 5.91 Å². The predicted octanol–water partition coefficient (Wildman–Crippen LogP) is 4.86. The Labute approximate surface area is 184 Å². The van der Waals surface area contributed by atoms with Crippen LogP contribution in [0.1, 0.15) is 0 Å². The highest BCUT2D eigenvalue weighted by Gasteiger charge is 2.13.